The molecule has 0 radical (unpaired) electrons. The van der Waals surface area contributed by atoms with Crippen LogP contribution >= 0.6 is 0 Å². The van der Waals surface area contributed by atoms with E-state index in [0.29, 0.717) is 12.8 Å². The minimum Gasteiger partial charge on any atom is -0.748 e. The first-order valence-electron chi connectivity index (χ1n) is 12.5. The van der Waals surface area contributed by atoms with Crippen LogP contribution in [-0.4, -0.2) is 29.4 Å². The van der Waals surface area contributed by atoms with E-state index in [1.807, 2.05) is 6.92 Å². The van der Waals surface area contributed by atoms with Gasteiger partial charge in [-0.2, -0.15) is 0 Å². The van der Waals surface area contributed by atoms with Crippen LogP contribution in [0.15, 0.2) is 0 Å². The predicted octanol–water partition coefficient (Wildman–Crippen LogP) is 4.11. The van der Waals surface area contributed by atoms with Crippen LogP contribution in [0.2, 0.25) is 0 Å². The maximum absolute atomic E-state index is 11.3. The van der Waals surface area contributed by atoms with Crippen LogP contribution in [0.25, 0.3) is 0 Å². The van der Waals surface area contributed by atoms with Crippen molar-refractivity contribution in [3.8, 4) is 0 Å². The molecule has 0 aromatic heterocycles. The Balaban J connectivity index is 0. The molecule has 0 heterocycles. The van der Waals surface area contributed by atoms with E-state index in [-0.39, 0.29) is 35.7 Å². The Morgan fingerprint density at radius 1 is 0.600 bits per heavy atom. The third-order valence-corrected chi connectivity index (χ3v) is 7.28. The molecule has 2 atom stereocenters. The van der Waals surface area contributed by atoms with Gasteiger partial charge < -0.3 is 9.66 Å². The van der Waals surface area contributed by atoms with E-state index in [9.17, 15) is 18.1 Å². The van der Waals surface area contributed by atoms with E-state index in [2.05, 4.69) is 6.92 Å². The van der Waals surface area contributed by atoms with E-state index < -0.39 is 15.4 Å². The predicted molar refractivity (Wildman–Crippen MR) is 123 cm³/mol. The van der Waals surface area contributed by atoms with Gasteiger partial charge >= 0.3 is 29.6 Å². The number of hydrogen-bond donors (Lipinski definition) is 1. The molecule has 1 N–H and O–H groups in total. The zero-order valence-electron chi connectivity index (χ0n) is 20.4. The number of aliphatic hydroxyl groups is 1. The first kappa shape index (κ1) is 33.0. The van der Waals surface area contributed by atoms with Gasteiger partial charge in [0.25, 0.3) is 0 Å². The summed E-state index contributed by atoms with van der Waals surface area (Å²) in [5.74, 6) is 0. The Hall–Kier alpha value is 0.870. The van der Waals surface area contributed by atoms with Crippen molar-refractivity contribution in [1.82, 2.24) is 0 Å². The average molecular weight is 457 g/mol. The molecular weight excluding hydrogens is 407 g/mol. The van der Waals surface area contributed by atoms with Gasteiger partial charge in [-0.3, -0.25) is 0 Å². The normalized spacial score (nSPS) is 13.7. The van der Waals surface area contributed by atoms with Crippen molar-refractivity contribution in [2.24, 2.45) is 0 Å². The van der Waals surface area contributed by atoms with Crippen molar-refractivity contribution in [3.63, 3.8) is 0 Å². The second-order valence-electron chi connectivity index (χ2n) is 8.87. The number of rotatable bonds is 22. The van der Waals surface area contributed by atoms with Crippen LogP contribution < -0.4 is 29.6 Å². The van der Waals surface area contributed by atoms with E-state index in [0.717, 1.165) is 57.8 Å². The number of hydrogen-bond acceptors (Lipinski definition) is 4. The second-order valence-corrected chi connectivity index (χ2v) is 10.5. The topological polar surface area (TPSA) is 77.4 Å². The van der Waals surface area contributed by atoms with Crippen LogP contribution in [-0.2, 0) is 10.1 Å². The molecule has 0 bridgehead atoms. The molecule has 0 spiro atoms. The van der Waals surface area contributed by atoms with Crippen molar-refractivity contribution in [2.45, 2.75) is 154 Å². The van der Waals surface area contributed by atoms with Crippen LogP contribution in [0.1, 0.15) is 142 Å². The Bertz CT molecular complexity index is 442. The van der Waals surface area contributed by atoms with Crippen molar-refractivity contribution in [1.29, 1.82) is 0 Å². The van der Waals surface area contributed by atoms with Gasteiger partial charge in [-0.25, -0.2) is 8.42 Å². The zero-order chi connectivity index (χ0) is 21.8. The largest absolute Gasteiger partial charge is 1.00 e. The van der Waals surface area contributed by atoms with Crippen molar-refractivity contribution in [3.05, 3.63) is 0 Å². The summed E-state index contributed by atoms with van der Waals surface area (Å²) in [5.41, 5.74) is 0. The van der Waals surface area contributed by atoms with E-state index in [1.165, 1.54) is 57.8 Å². The summed E-state index contributed by atoms with van der Waals surface area (Å²) in [6.07, 6.45) is 21.4. The molecule has 30 heavy (non-hydrogen) atoms. The van der Waals surface area contributed by atoms with E-state index in [4.69, 9.17) is 0 Å². The Labute approximate surface area is 210 Å². The Kier molecular flexibility index (Phi) is 25.4. The monoisotopic (exact) mass is 456 g/mol. The third-order valence-electron chi connectivity index (χ3n) is 5.99. The maximum atomic E-state index is 11.3. The van der Waals surface area contributed by atoms with Gasteiger partial charge in [0, 0.05) is 5.25 Å². The van der Waals surface area contributed by atoms with Gasteiger partial charge in [0.1, 0.15) is 0 Å². The molecule has 0 fully saturated rings. The molecule has 6 heteroatoms. The van der Waals surface area contributed by atoms with Gasteiger partial charge in [-0.15, -0.1) is 0 Å². The minimum atomic E-state index is -4.13. The van der Waals surface area contributed by atoms with Crippen LogP contribution in [0.4, 0.5) is 0 Å². The van der Waals surface area contributed by atoms with Crippen molar-refractivity contribution < 1.29 is 47.6 Å². The van der Waals surface area contributed by atoms with Gasteiger partial charge in [-0.1, -0.05) is 117 Å². The molecule has 0 aliphatic carbocycles. The molecule has 0 rings (SSSR count). The summed E-state index contributed by atoms with van der Waals surface area (Å²) in [4.78, 5) is 0. The fraction of sp³-hybridized carbons (Fsp3) is 1.00. The van der Waals surface area contributed by atoms with E-state index >= 15 is 0 Å². The summed E-state index contributed by atoms with van der Waals surface area (Å²) >= 11 is 0. The molecule has 0 aromatic rings. The molecule has 2 unspecified atom stereocenters. The van der Waals surface area contributed by atoms with Crippen molar-refractivity contribution >= 4 is 10.1 Å². The van der Waals surface area contributed by atoms with Gasteiger partial charge in [0.2, 0.25) is 0 Å². The molecular formula is C24H49NaO4S. The summed E-state index contributed by atoms with van der Waals surface area (Å²) < 4.78 is 33.9. The quantitative estimate of drug-likeness (QED) is 0.151. The SMILES string of the molecule is CCCCCC(O)CCCCCCCCCCCCCC(CCCC)S(=O)(=O)[O-].[Na+]. The minimum absolute atomic E-state index is 0. The Morgan fingerprint density at radius 3 is 1.33 bits per heavy atom. The summed E-state index contributed by atoms with van der Waals surface area (Å²) in [7, 11) is -4.13. The average Bonchev–Trinajstić information content (AvgIpc) is 2.67. The summed E-state index contributed by atoms with van der Waals surface area (Å²) in [6, 6.07) is 0. The molecule has 0 aliphatic heterocycles. The van der Waals surface area contributed by atoms with E-state index in [1.54, 1.807) is 0 Å². The summed E-state index contributed by atoms with van der Waals surface area (Å²) in [6.45, 7) is 4.22. The van der Waals surface area contributed by atoms with Crippen molar-refractivity contribution in [2.75, 3.05) is 0 Å². The molecule has 0 aliphatic rings. The smallest absolute Gasteiger partial charge is 0.748 e. The van der Waals surface area contributed by atoms with Gasteiger partial charge in [-0.05, 0) is 25.7 Å². The first-order chi connectivity index (χ1) is 13.9. The third kappa shape index (κ3) is 22.1. The van der Waals surface area contributed by atoms with Gasteiger partial charge in [0.05, 0.1) is 16.2 Å². The molecule has 0 aromatic carbocycles. The molecule has 176 valence electrons. The maximum Gasteiger partial charge on any atom is 1.00 e. The van der Waals surface area contributed by atoms with Gasteiger partial charge in [0.15, 0.2) is 0 Å². The Morgan fingerprint density at radius 2 is 0.933 bits per heavy atom. The zero-order valence-corrected chi connectivity index (χ0v) is 23.2. The molecule has 4 nitrogen and oxygen atoms in total. The molecule has 0 saturated heterocycles. The second kappa shape index (κ2) is 23.0. The standard InChI is InChI=1S/C24H50O4S.Na/c1-3-5-16-19-23(25)20-17-14-12-10-8-7-9-11-13-15-18-22-24(21-6-4-2)29(26,27)28;/h23-25H,3-22H2,1-2H3,(H,26,27,28);/q;+1/p-1. The molecule has 0 amide bonds. The van der Waals surface area contributed by atoms with Crippen LogP contribution in [0.5, 0.6) is 0 Å². The fourth-order valence-electron chi connectivity index (χ4n) is 3.98. The van der Waals surface area contributed by atoms with Crippen LogP contribution in [0, 0.1) is 0 Å². The molecule has 0 saturated carbocycles. The number of unbranched alkanes of at least 4 members (excludes halogenated alkanes) is 13. The number of aliphatic hydroxyl groups excluding tert-OH is 1. The summed E-state index contributed by atoms with van der Waals surface area (Å²) in [5, 5.41) is 9.23. The first-order valence-corrected chi connectivity index (χ1v) is 14.0. The van der Waals surface area contributed by atoms with Crippen LogP contribution in [0.3, 0.4) is 0 Å². The fourth-order valence-corrected chi connectivity index (χ4v) is 4.89.